The molecule has 4 nitrogen and oxygen atoms in total. The third-order valence-corrected chi connectivity index (χ3v) is 5.39. The minimum absolute atomic E-state index is 0.00887. The summed E-state index contributed by atoms with van der Waals surface area (Å²) in [6.07, 6.45) is 3.85. The van der Waals surface area contributed by atoms with Gasteiger partial charge in [-0.1, -0.05) is 44.2 Å². The van der Waals surface area contributed by atoms with Gasteiger partial charge in [0, 0.05) is 13.0 Å². The normalized spacial score (nSPS) is 24.4. The first-order valence-corrected chi connectivity index (χ1v) is 9.55. The number of nitrogens with zero attached hydrogens (tertiary/aromatic N) is 1. The van der Waals surface area contributed by atoms with E-state index in [4.69, 9.17) is 4.74 Å². The number of ether oxygens (including phenoxy) is 1. The zero-order valence-corrected chi connectivity index (χ0v) is 15.3. The van der Waals surface area contributed by atoms with E-state index in [1.54, 1.807) is 0 Å². The number of Topliss-reactive ketones (excluding diaryl/α,β-unsaturated/α-hetero) is 1. The fraction of sp³-hybridized carbons (Fsp3) is 0.619. The topological polar surface area (TPSA) is 46.6 Å². The lowest BCUT2D eigenvalue weighted by Gasteiger charge is -2.38. The van der Waals surface area contributed by atoms with Crippen LogP contribution in [0.3, 0.4) is 0 Å². The van der Waals surface area contributed by atoms with E-state index in [9.17, 15) is 9.59 Å². The van der Waals surface area contributed by atoms with Crippen molar-refractivity contribution in [3.8, 4) is 0 Å². The highest BCUT2D eigenvalue weighted by Gasteiger charge is 2.44. The SMILES string of the molecule is CC(C)C[C@H](OCc1ccccc1)C(=O)N1CCCC2CCC(=O)C21. The van der Waals surface area contributed by atoms with Gasteiger partial charge in [-0.05, 0) is 43.1 Å². The molecule has 0 spiro atoms. The highest BCUT2D eigenvalue weighted by molar-refractivity contribution is 5.92. The van der Waals surface area contributed by atoms with Gasteiger partial charge in [0.2, 0.25) is 0 Å². The van der Waals surface area contributed by atoms with Gasteiger partial charge in [-0.2, -0.15) is 0 Å². The number of likely N-dealkylation sites (tertiary alicyclic amines) is 1. The van der Waals surface area contributed by atoms with Crippen LogP contribution >= 0.6 is 0 Å². The Morgan fingerprint density at radius 2 is 2.00 bits per heavy atom. The molecule has 0 radical (unpaired) electrons. The number of carbonyl (C=O) groups is 2. The van der Waals surface area contributed by atoms with Gasteiger partial charge in [0.15, 0.2) is 5.78 Å². The molecule has 1 saturated heterocycles. The van der Waals surface area contributed by atoms with Crippen LogP contribution in [0.5, 0.6) is 0 Å². The number of amides is 1. The molecule has 2 aliphatic rings. The summed E-state index contributed by atoms with van der Waals surface area (Å²) in [5.74, 6) is 0.975. The van der Waals surface area contributed by atoms with E-state index in [2.05, 4.69) is 13.8 Å². The Bertz CT molecular complexity index is 598. The Kier molecular flexibility index (Phi) is 5.89. The van der Waals surface area contributed by atoms with Crippen molar-refractivity contribution in [3.63, 3.8) is 0 Å². The molecule has 1 aliphatic heterocycles. The van der Waals surface area contributed by atoms with Crippen molar-refractivity contribution in [1.29, 1.82) is 0 Å². The van der Waals surface area contributed by atoms with E-state index in [-0.39, 0.29) is 17.7 Å². The van der Waals surface area contributed by atoms with Crippen LogP contribution in [-0.2, 0) is 20.9 Å². The average molecular weight is 343 g/mol. The van der Waals surface area contributed by atoms with Crippen LogP contribution in [0.1, 0.15) is 51.5 Å². The lowest BCUT2D eigenvalue weighted by Crippen LogP contribution is -2.53. The molecule has 1 heterocycles. The van der Waals surface area contributed by atoms with Crippen molar-refractivity contribution in [2.45, 2.75) is 64.7 Å². The zero-order valence-electron chi connectivity index (χ0n) is 15.3. The monoisotopic (exact) mass is 343 g/mol. The van der Waals surface area contributed by atoms with E-state index in [0.717, 1.165) is 24.8 Å². The Hall–Kier alpha value is -1.68. The summed E-state index contributed by atoms with van der Waals surface area (Å²) in [4.78, 5) is 27.3. The number of rotatable bonds is 6. The predicted molar refractivity (Wildman–Crippen MR) is 96.9 cm³/mol. The van der Waals surface area contributed by atoms with E-state index >= 15 is 0 Å². The maximum atomic E-state index is 13.2. The van der Waals surface area contributed by atoms with Crippen LogP contribution < -0.4 is 0 Å². The van der Waals surface area contributed by atoms with Crippen LogP contribution in [0.25, 0.3) is 0 Å². The first kappa shape index (κ1) is 18.1. The third kappa shape index (κ3) is 4.30. The minimum atomic E-state index is -0.465. The number of ketones is 1. The maximum Gasteiger partial charge on any atom is 0.252 e. The summed E-state index contributed by atoms with van der Waals surface area (Å²) < 4.78 is 6.04. The van der Waals surface area contributed by atoms with Crippen molar-refractivity contribution in [2.24, 2.45) is 11.8 Å². The van der Waals surface area contributed by atoms with Crippen LogP contribution in [-0.4, -0.2) is 35.3 Å². The van der Waals surface area contributed by atoms with Gasteiger partial charge in [0.25, 0.3) is 5.91 Å². The molecule has 0 N–H and O–H groups in total. The average Bonchev–Trinajstić information content (AvgIpc) is 3.00. The third-order valence-electron chi connectivity index (χ3n) is 5.39. The molecule has 2 unspecified atom stereocenters. The quantitative estimate of drug-likeness (QED) is 0.793. The summed E-state index contributed by atoms with van der Waals surface area (Å²) in [5.41, 5.74) is 1.07. The molecule has 1 aromatic carbocycles. The lowest BCUT2D eigenvalue weighted by atomic mass is 9.90. The summed E-state index contributed by atoms with van der Waals surface area (Å²) >= 11 is 0. The molecule has 1 aromatic rings. The number of carbonyl (C=O) groups excluding carboxylic acids is 2. The minimum Gasteiger partial charge on any atom is -0.364 e. The van der Waals surface area contributed by atoms with Crippen molar-refractivity contribution in [3.05, 3.63) is 35.9 Å². The van der Waals surface area contributed by atoms with E-state index in [1.807, 2.05) is 35.2 Å². The van der Waals surface area contributed by atoms with Gasteiger partial charge in [-0.25, -0.2) is 0 Å². The number of hydrogen-bond acceptors (Lipinski definition) is 3. The van der Waals surface area contributed by atoms with Gasteiger partial charge >= 0.3 is 0 Å². The Labute approximate surface area is 150 Å². The van der Waals surface area contributed by atoms with Crippen molar-refractivity contribution >= 4 is 11.7 Å². The molecule has 1 aliphatic carbocycles. The zero-order chi connectivity index (χ0) is 17.8. The summed E-state index contributed by atoms with van der Waals surface area (Å²) in [6.45, 7) is 5.33. The molecule has 2 fully saturated rings. The van der Waals surface area contributed by atoms with Crippen molar-refractivity contribution < 1.29 is 14.3 Å². The first-order chi connectivity index (χ1) is 12.1. The molecule has 0 bridgehead atoms. The molecule has 0 aromatic heterocycles. The van der Waals surface area contributed by atoms with Crippen molar-refractivity contribution in [2.75, 3.05) is 6.54 Å². The summed E-state index contributed by atoms with van der Waals surface area (Å²) in [6, 6.07) is 9.74. The van der Waals surface area contributed by atoms with Crippen LogP contribution in [0.15, 0.2) is 30.3 Å². The highest BCUT2D eigenvalue weighted by atomic mass is 16.5. The molecule has 4 heteroatoms. The van der Waals surface area contributed by atoms with E-state index in [1.165, 1.54) is 0 Å². The molecular weight excluding hydrogens is 314 g/mol. The van der Waals surface area contributed by atoms with Crippen LogP contribution in [0, 0.1) is 11.8 Å². The van der Waals surface area contributed by atoms with Gasteiger partial charge in [-0.3, -0.25) is 9.59 Å². The van der Waals surface area contributed by atoms with Crippen molar-refractivity contribution in [1.82, 2.24) is 4.90 Å². The number of benzene rings is 1. The van der Waals surface area contributed by atoms with Gasteiger partial charge in [-0.15, -0.1) is 0 Å². The second-order valence-corrected chi connectivity index (χ2v) is 7.80. The fourth-order valence-electron chi connectivity index (χ4n) is 4.16. The van der Waals surface area contributed by atoms with Gasteiger partial charge < -0.3 is 9.64 Å². The number of hydrogen-bond donors (Lipinski definition) is 0. The van der Waals surface area contributed by atoms with Crippen LogP contribution in [0.4, 0.5) is 0 Å². The number of fused-ring (bicyclic) bond motifs is 1. The van der Waals surface area contributed by atoms with E-state index in [0.29, 0.717) is 37.8 Å². The van der Waals surface area contributed by atoms with E-state index < -0.39 is 6.10 Å². The Morgan fingerprint density at radius 3 is 2.72 bits per heavy atom. The number of piperidine rings is 1. The second kappa shape index (κ2) is 8.13. The van der Waals surface area contributed by atoms with Gasteiger partial charge in [0.05, 0.1) is 12.6 Å². The summed E-state index contributed by atoms with van der Waals surface area (Å²) in [5, 5.41) is 0. The standard InChI is InChI=1S/C21H29NO3/c1-15(2)13-19(25-14-16-7-4-3-5-8-16)21(24)22-12-6-9-17-10-11-18(23)20(17)22/h3-5,7-8,15,17,19-20H,6,9-14H2,1-2H3/t17?,19-,20?/m0/s1. The second-order valence-electron chi connectivity index (χ2n) is 7.80. The molecule has 3 rings (SSSR count). The molecule has 1 amide bonds. The molecule has 136 valence electrons. The largest absolute Gasteiger partial charge is 0.364 e. The first-order valence-electron chi connectivity index (χ1n) is 9.55. The maximum absolute atomic E-state index is 13.2. The summed E-state index contributed by atoms with van der Waals surface area (Å²) in [7, 11) is 0. The highest BCUT2D eigenvalue weighted by Crippen LogP contribution is 2.35. The molecular formula is C21H29NO3. The Morgan fingerprint density at radius 1 is 1.24 bits per heavy atom. The Balaban J connectivity index is 1.70. The fourth-order valence-corrected chi connectivity index (χ4v) is 4.16. The molecule has 3 atom stereocenters. The smallest absolute Gasteiger partial charge is 0.252 e. The molecule has 1 saturated carbocycles. The van der Waals surface area contributed by atoms with Gasteiger partial charge in [0.1, 0.15) is 6.10 Å². The molecule has 25 heavy (non-hydrogen) atoms. The predicted octanol–water partition coefficient (Wildman–Crippen LogP) is 3.59. The lowest BCUT2D eigenvalue weighted by molar-refractivity contribution is -0.153. The van der Waals surface area contributed by atoms with Crippen LogP contribution in [0.2, 0.25) is 0 Å².